The first kappa shape index (κ1) is 13.5. The molecule has 1 aromatic heterocycles. The molecule has 8 heteroatoms. The van der Waals surface area contributed by atoms with E-state index in [1.165, 1.54) is 6.20 Å². The lowest BCUT2D eigenvalue weighted by Gasteiger charge is -2.38. The molecule has 0 aromatic carbocycles. The number of carboxylic acid groups (broad SMARTS) is 1. The van der Waals surface area contributed by atoms with Gasteiger partial charge in [-0.2, -0.15) is 0 Å². The molecule has 0 unspecified atom stereocenters. The molecule has 1 N–H and O–H groups in total. The summed E-state index contributed by atoms with van der Waals surface area (Å²) in [5.41, 5.74) is -0.0405. The highest BCUT2D eigenvalue weighted by molar-refractivity contribution is 5.84. The predicted octanol–water partition coefficient (Wildman–Crippen LogP) is -0.689. The van der Waals surface area contributed by atoms with Gasteiger partial charge in [-0.05, 0) is 0 Å². The molecule has 1 amide bonds. The van der Waals surface area contributed by atoms with Gasteiger partial charge in [0.15, 0.2) is 5.69 Å². The summed E-state index contributed by atoms with van der Waals surface area (Å²) >= 11 is 0. The highest BCUT2D eigenvalue weighted by Crippen LogP contribution is 2.20. The van der Waals surface area contributed by atoms with Crippen molar-refractivity contribution in [2.45, 2.75) is 12.5 Å². The summed E-state index contributed by atoms with van der Waals surface area (Å²) < 4.78 is 1.58. The molecule has 1 saturated heterocycles. The molecule has 1 aliphatic heterocycles. The Kier molecular flexibility index (Phi) is 3.79. The topological polar surface area (TPSA) is 91.6 Å². The van der Waals surface area contributed by atoms with Crippen molar-refractivity contribution in [3.05, 3.63) is 11.9 Å². The fourth-order valence-corrected chi connectivity index (χ4v) is 1.92. The first-order valence-corrected chi connectivity index (χ1v) is 6.05. The van der Waals surface area contributed by atoms with Gasteiger partial charge >= 0.3 is 5.97 Å². The van der Waals surface area contributed by atoms with Crippen LogP contribution in [0.1, 0.15) is 23.0 Å². The molecular weight excluding hydrogens is 250 g/mol. The van der Waals surface area contributed by atoms with E-state index in [4.69, 9.17) is 5.11 Å². The van der Waals surface area contributed by atoms with Crippen LogP contribution < -0.4 is 0 Å². The number of carbonyl (C=O) groups is 2. The summed E-state index contributed by atoms with van der Waals surface area (Å²) in [6, 6.07) is 0.148. The van der Waals surface area contributed by atoms with Crippen molar-refractivity contribution in [3.63, 3.8) is 0 Å². The van der Waals surface area contributed by atoms with Crippen molar-refractivity contribution in [1.82, 2.24) is 24.8 Å². The number of amides is 1. The third-order valence-electron chi connectivity index (χ3n) is 3.18. The average Bonchev–Trinajstić information content (AvgIpc) is 2.75. The van der Waals surface area contributed by atoms with Crippen LogP contribution in [0.5, 0.6) is 0 Å². The minimum absolute atomic E-state index is 0.0405. The van der Waals surface area contributed by atoms with Crippen LogP contribution in [0.2, 0.25) is 0 Å². The van der Waals surface area contributed by atoms with Crippen LogP contribution in [0, 0.1) is 0 Å². The van der Waals surface area contributed by atoms with Gasteiger partial charge in [0.05, 0.1) is 12.2 Å². The van der Waals surface area contributed by atoms with Gasteiger partial charge in [0.1, 0.15) is 0 Å². The van der Waals surface area contributed by atoms with Crippen LogP contribution in [0.25, 0.3) is 0 Å². The van der Waals surface area contributed by atoms with Gasteiger partial charge in [0, 0.05) is 40.2 Å². The SMILES string of the molecule is CN(C)C(=O)CCN1CC(n2cc(C(=O)O)nn2)C1. The van der Waals surface area contributed by atoms with Crippen molar-refractivity contribution in [2.75, 3.05) is 33.7 Å². The largest absolute Gasteiger partial charge is 0.476 e. The smallest absolute Gasteiger partial charge is 0.358 e. The van der Waals surface area contributed by atoms with E-state index in [2.05, 4.69) is 15.2 Å². The van der Waals surface area contributed by atoms with E-state index >= 15 is 0 Å². The Morgan fingerprint density at radius 1 is 1.47 bits per heavy atom. The molecule has 0 radical (unpaired) electrons. The lowest BCUT2D eigenvalue weighted by Crippen LogP contribution is -2.48. The third kappa shape index (κ3) is 3.08. The van der Waals surface area contributed by atoms with Gasteiger partial charge in [0.25, 0.3) is 0 Å². The van der Waals surface area contributed by atoms with Crippen LogP contribution in [0.15, 0.2) is 6.20 Å². The summed E-state index contributed by atoms with van der Waals surface area (Å²) in [7, 11) is 3.48. The normalized spacial score (nSPS) is 16.1. The van der Waals surface area contributed by atoms with Crippen LogP contribution in [-0.4, -0.2) is 75.5 Å². The van der Waals surface area contributed by atoms with E-state index in [0.717, 1.165) is 13.1 Å². The van der Waals surface area contributed by atoms with Gasteiger partial charge in [-0.1, -0.05) is 5.21 Å². The van der Waals surface area contributed by atoms with E-state index < -0.39 is 5.97 Å². The highest BCUT2D eigenvalue weighted by atomic mass is 16.4. The van der Waals surface area contributed by atoms with Crippen LogP contribution in [0.3, 0.4) is 0 Å². The molecular formula is C11H17N5O3. The quantitative estimate of drug-likeness (QED) is 0.759. The molecule has 0 atom stereocenters. The van der Waals surface area contributed by atoms with E-state index in [1.807, 2.05) is 0 Å². The minimum atomic E-state index is -1.07. The molecule has 2 heterocycles. The van der Waals surface area contributed by atoms with Gasteiger partial charge in [-0.25, -0.2) is 9.48 Å². The number of carbonyl (C=O) groups excluding carboxylic acids is 1. The van der Waals surface area contributed by atoms with Gasteiger partial charge in [-0.3, -0.25) is 9.69 Å². The Morgan fingerprint density at radius 2 is 2.16 bits per heavy atom. The lowest BCUT2D eigenvalue weighted by atomic mass is 10.1. The van der Waals surface area contributed by atoms with Crippen molar-refractivity contribution >= 4 is 11.9 Å². The van der Waals surface area contributed by atoms with E-state index in [-0.39, 0.29) is 17.6 Å². The summed E-state index contributed by atoms with van der Waals surface area (Å²) in [6.07, 6.45) is 1.94. The zero-order valence-electron chi connectivity index (χ0n) is 11.0. The first-order chi connectivity index (χ1) is 8.97. The van der Waals surface area contributed by atoms with Crippen molar-refractivity contribution < 1.29 is 14.7 Å². The predicted molar refractivity (Wildman–Crippen MR) is 65.8 cm³/mol. The van der Waals surface area contributed by atoms with Crippen molar-refractivity contribution in [2.24, 2.45) is 0 Å². The van der Waals surface area contributed by atoms with Crippen LogP contribution >= 0.6 is 0 Å². The van der Waals surface area contributed by atoms with Gasteiger partial charge < -0.3 is 10.0 Å². The maximum atomic E-state index is 11.4. The molecule has 2 rings (SSSR count). The van der Waals surface area contributed by atoms with Crippen LogP contribution in [-0.2, 0) is 4.79 Å². The molecule has 0 aliphatic carbocycles. The third-order valence-corrected chi connectivity index (χ3v) is 3.18. The molecule has 0 spiro atoms. The number of hydrogen-bond donors (Lipinski definition) is 1. The molecule has 1 aliphatic rings. The second-order valence-electron chi connectivity index (χ2n) is 4.84. The van der Waals surface area contributed by atoms with Gasteiger partial charge in [-0.15, -0.1) is 5.10 Å². The Morgan fingerprint density at radius 3 is 2.68 bits per heavy atom. The average molecular weight is 267 g/mol. The summed E-state index contributed by atoms with van der Waals surface area (Å²) in [5, 5.41) is 16.1. The minimum Gasteiger partial charge on any atom is -0.476 e. The Balaban J connectivity index is 1.76. The maximum Gasteiger partial charge on any atom is 0.358 e. The number of aromatic carboxylic acids is 1. The number of hydrogen-bond acceptors (Lipinski definition) is 5. The Bertz CT molecular complexity index is 478. The number of carboxylic acids is 1. The number of likely N-dealkylation sites (tertiary alicyclic amines) is 1. The molecule has 19 heavy (non-hydrogen) atoms. The number of rotatable bonds is 5. The summed E-state index contributed by atoms with van der Waals surface area (Å²) in [4.78, 5) is 25.8. The standard InChI is InChI=1S/C11H17N5O3/c1-14(2)10(17)3-4-15-5-8(6-15)16-7-9(11(18)19)12-13-16/h7-8H,3-6H2,1-2H3,(H,18,19). The lowest BCUT2D eigenvalue weighted by molar-refractivity contribution is -0.129. The molecule has 0 bridgehead atoms. The molecule has 1 fully saturated rings. The van der Waals surface area contributed by atoms with E-state index in [9.17, 15) is 9.59 Å². The van der Waals surface area contributed by atoms with Crippen molar-refractivity contribution in [3.8, 4) is 0 Å². The summed E-state index contributed by atoms with van der Waals surface area (Å²) in [5.74, 6) is -0.962. The first-order valence-electron chi connectivity index (χ1n) is 6.05. The van der Waals surface area contributed by atoms with Crippen LogP contribution in [0.4, 0.5) is 0 Å². The Hall–Kier alpha value is -1.96. The van der Waals surface area contributed by atoms with E-state index in [0.29, 0.717) is 13.0 Å². The van der Waals surface area contributed by atoms with Gasteiger partial charge in [0.2, 0.25) is 5.91 Å². The molecule has 0 saturated carbocycles. The zero-order chi connectivity index (χ0) is 14.0. The number of nitrogens with zero attached hydrogens (tertiary/aromatic N) is 5. The zero-order valence-corrected chi connectivity index (χ0v) is 11.0. The van der Waals surface area contributed by atoms with Crippen molar-refractivity contribution in [1.29, 1.82) is 0 Å². The Labute approximate surface area is 110 Å². The molecule has 1 aromatic rings. The second-order valence-corrected chi connectivity index (χ2v) is 4.84. The molecule has 8 nitrogen and oxygen atoms in total. The number of aromatic nitrogens is 3. The second kappa shape index (κ2) is 5.35. The summed E-state index contributed by atoms with van der Waals surface area (Å²) in [6.45, 7) is 2.25. The van der Waals surface area contributed by atoms with E-state index in [1.54, 1.807) is 23.7 Å². The highest BCUT2D eigenvalue weighted by Gasteiger charge is 2.29. The monoisotopic (exact) mass is 267 g/mol. The maximum absolute atomic E-state index is 11.4. The fraction of sp³-hybridized carbons (Fsp3) is 0.636. The molecule has 104 valence electrons. The fourth-order valence-electron chi connectivity index (χ4n) is 1.92.